The molecule has 1 aromatic rings. The minimum Gasteiger partial charge on any atom is -0.322 e. The Morgan fingerprint density at radius 2 is 2.12 bits per heavy atom. The van der Waals surface area contributed by atoms with Crippen LogP contribution >= 0.6 is 0 Å². The number of hydrogen-bond acceptors (Lipinski definition) is 4. The molecule has 2 atom stereocenters. The van der Waals surface area contributed by atoms with Crippen LogP contribution in [0.3, 0.4) is 0 Å². The maximum absolute atomic E-state index is 13.6. The van der Waals surface area contributed by atoms with Gasteiger partial charge in [0.1, 0.15) is 18.0 Å². The van der Waals surface area contributed by atoms with Gasteiger partial charge in [-0.3, -0.25) is 0 Å². The SMILES string of the molecule is O=C(N1CC(c2ccncn2)C1)N1N=CC[C@H]1C1C=C(F)C=C(F)C1. The van der Waals surface area contributed by atoms with Crippen LogP contribution in [-0.2, 0) is 0 Å². The Bertz CT molecular complexity index is 758. The molecular weight excluding hydrogens is 328 g/mol. The van der Waals surface area contributed by atoms with E-state index in [0.717, 1.165) is 11.8 Å². The number of hydrazone groups is 1. The molecule has 0 spiro atoms. The standard InChI is InChI=1S/C17H17F2N5O/c18-13-5-11(6-14(19)7-13)16-2-4-22-24(16)17(25)23-8-12(9-23)15-1-3-20-10-21-15/h1,3-5,7,10-12,16H,2,6,8-9H2/t11?,16-/m0/s1. The molecule has 0 bridgehead atoms. The van der Waals surface area contributed by atoms with Crippen molar-refractivity contribution in [3.63, 3.8) is 0 Å². The first-order chi connectivity index (χ1) is 12.1. The van der Waals surface area contributed by atoms with Crippen LogP contribution in [0, 0.1) is 5.92 Å². The van der Waals surface area contributed by atoms with Crippen molar-refractivity contribution in [1.29, 1.82) is 0 Å². The number of rotatable bonds is 2. The minimum atomic E-state index is -0.596. The minimum absolute atomic E-state index is 0.0921. The summed E-state index contributed by atoms with van der Waals surface area (Å²) in [5.74, 6) is -1.32. The second-order valence-corrected chi connectivity index (χ2v) is 6.48. The molecule has 25 heavy (non-hydrogen) atoms. The predicted octanol–water partition coefficient (Wildman–Crippen LogP) is 2.78. The summed E-state index contributed by atoms with van der Waals surface area (Å²) in [6.07, 6.45) is 7.66. The van der Waals surface area contributed by atoms with Crippen molar-refractivity contribution in [3.05, 3.63) is 48.1 Å². The highest BCUT2D eigenvalue weighted by Crippen LogP contribution is 2.34. The molecule has 1 saturated heterocycles. The molecule has 1 unspecified atom stereocenters. The summed E-state index contributed by atoms with van der Waals surface area (Å²) >= 11 is 0. The van der Waals surface area contributed by atoms with Crippen molar-refractivity contribution < 1.29 is 13.6 Å². The number of amides is 2. The van der Waals surface area contributed by atoms with Crippen LogP contribution in [-0.4, -0.2) is 51.3 Å². The maximum atomic E-state index is 13.6. The molecule has 2 amide bonds. The first-order valence-corrected chi connectivity index (χ1v) is 8.21. The van der Waals surface area contributed by atoms with Gasteiger partial charge in [0.25, 0.3) is 0 Å². The van der Waals surface area contributed by atoms with Gasteiger partial charge in [-0.2, -0.15) is 5.10 Å². The number of carbonyl (C=O) groups is 1. The van der Waals surface area contributed by atoms with Crippen LogP contribution in [0.15, 0.2) is 47.5 Å². The van der Waals surface area contributed by atoms with Gasteiger partial charge in [-0.15, -0.1) is 0 Å². The Balaban J connectivity index is 1.41. The third kappa shape index (κ3) is 3.04. The molecule has 0 saturated carbocycles. The lowest BCUT2D eigenvalue weighted by Crippen LogP contribution is -2.54. The Kier molecular flexibility index (Phi) is 4.03. The summed E-state index contributed by atoms with van der Waals surface area (Å²) in [6, 6.07) is 1.26. The highest BCUT2D eigenvalue weighted by Gasteiger charge is 2.40. The number of nitrogens with zero attached hydrogens (tertiary/aromatic N) is 5. The van der Waals surface area contributed by atoms with E-state index in [1.54, 1.807) is 17.3 Å². The van der Waals surface area contributed by atoms with Crippen molar-refractivity contribution in [1.82, 2.24) is 19.9 Å². The summed E-state index contributed by atoms with van der Waals surface area (Å²) in [6.45, 7) is 1.11. The third-order valence-corrected chi connectivity index (χ3v) is 4.83. The fourth-order valence-corrected chi connectivity index (χ4v) is 3.48. The van der Waals surface area contributed by atoms with E-state index < -0.39 is 17.6 Å². The zero-order chi connectivity index (χ0) is 17.4. The van der Waals surface area contributed by atoms with Crippen molar-refractivity contribution >= 4 is 12.2 Å². The number of halogens is 2. The monoisotopic (exact) mass is 345 g/mol. The summed E-state index contributed by atoms with van der Waals surface area (Å²) in [5.41, 5.74) is 0.907. The summed E-state index contributed by atoms with van der Waals surface area (Å²) in [4.78, 5) is 22.5. The van der Waals surface area contributed by atoms with Crippen molar-refractivity contribution in [2.75, 3.05) is 13.1 Å². The zero-order valence-electron chi connectivity index (χ0n) is 13.4. The van der Waals surface area contributed by atoms with Crippen LogP contribution in [0.1, 0.15) is 24.5 Å². The van der Waals surface area contributed by atoms with Gasteiger partial charge in [-0.25, -0.2) is 28.6 Å². The average Bonchev–Trinajstić information content (AvgIpc) is 3.03. The number of hydrogen-bond donors (Lipinski definition) is 0. The molecule has 4 rings (SSSR count). The quantitative estimate of drug-likeness (QED) is 0.828. The second-order valence-electron chi connectivity index (χ2n) is 6.48. The fraction of sp³-hybridized carbons (Fsp3) is 0.412. The molecule has 1 aromatic heterocycles. The number of carbonyl (C=O) groups excluding carboxylic acids is 1. The van der Waals surface area contributed by atoms with Crippen LogP contribution < -0.4 is 0 Å². The van der Waals surface area contributed by atoms with Gasteiger partial charge in [0.15, 0.2) is 0 Å². The van der Waals surface area contributed by atoms with Gasteiger partial charge in [-0.05, 0) is 12.1 Å². The van der Waals surface area contributed by atoms with E-state index in [-0.39, 0.29) is 24.4 Å². The van der Waals surface area contributed by atoms with E-state index in [0.29, 0.717) is 19.5 Å². The van der Waals surface area contributed by atoms with E-state index in [9.17, 15) is 13.6 Å². The van der Waals surface area contributed by atoms with Crippen molar-refractivity contribution in [2.45, 2.75) is 24.8 Å². The summed E-state index contributed by atoms with van der Waals surface area (Å²) in [7, 11) is 0. The van der Waals surface area contributed by atoms with E-state index in [1.165, 1.54) is 17.4 Å². The number of urea groups is 1. The Morgan fingerprint density at radius 3 is 2.84 bits per heavy atom. The maximum Gasteiger partial charge on any atom is 0.340 e. The smallest absolute Gasteiger partial charge is 0.322 e. The fourth-order valence-electron chi connectivity index (χ4n) is 3.48. The molecule has 0 aromatic carbocycles. The molecule has 1 aliphatic carbocycles. The Labute approximate surface area is 143 Å². The third-order valence-electron chi connectivity index (χ3n) is 4.83. The zero-order valence-corrected chi connectivity index (χ0v) is 13.4. The van der Waals surface area contributed by atoms with E-state index in [1.807, 2.05) is 6.07 Å². The van der Waals surface area contributed by atoms with Crippen molar-refractivity contribution in [3.8, 4) is 0 Å². The van der Waals surface area contributed by atoms with Gasteiger partial charge in [0, 0.05) is 56.3 Å². The molecule has 130 valence electrons. The highest BCUT2D eigenvalue weighted by atomic mass is 19.1. The molecule has 3 heterocycles. The normalized spacial score (nSPS) is 26.3. The molecular formula is C17H17F2N5O. The first-order valence-electron chi connectivity index (χ1n) is 8.21. The van der Waals surface area contributed by atoms with Crippen LogP contribution in [0.25, 0.3) is 0 Å². The van der Waals surface area contributed by atoms with Gasteiger partial charge in [0.2, 0.25) is 0 Å². The second kappa shape index (κ2) is 6.34. The van der Waals surface area contributed by atoms with Gasteiger partial charge < -0.3 is 4.90 Å². The lowest BCUT2D eigenvalue weighted by Gasteiger charge is -2.41. The summed E-state index contributed by atoms with van der Waals surface area (Å²) in [5, 5.41) is 5.51. The first kappa shape index (κ1) is 15.9. The van der Waals surface area contributed by atoms with Gasteiger partial charge in [0.05, 0.1) is 11.7 Å². The Morgan fingerprint density at radius 1 is 1.28 bits per heavy atom. The van der Waals surface area contributed by atoms with Crippen molar-refractivity contribution in [2.24, 2.45) is 11.0 Å². The predicted molar refractivity (Wildman–Crippen MR) is 87.0 cm³/mol. The molecule has 0 N–H and O–H groups in total. The van der Waals surface area contributed by atoms with Crippen LogP contribution in [0.2, 0.25) is 0 Å². The molecule has 3 aliphatic rings. The Hall–Kier alpha value is -2.64. The number of allylic oxidation sites excluding steroid dienone is 3. The number of aromatic nitrogens is 2. The largest absolute Gasteiger partial charge is 0.340 e. The molecule has 2 aliphatic heterocycles. The van der Waals surface area contributed by atoms with E-state index in [2.05, 4.69) is 15.1 Å². The van der Waals surface area contributed by atoms with E-state index in [4.69, 9.17) is 0 Å². The topological polar surface area (TPSA) is 61.7 Å². The van der Waals surface area contributed by atoms with E-state index >= 15 is 0 Å². The molecule has 0 radical (unpaired) electrons. The molecule has 8 heteroatoms. The van der Waals surface area contributed by atoms with Gasteiger partial charge >= 0.3 is 6.03 Å². The lowest BCUT2D eigenvalue weighted by molar-refractivity contribution is 0.0964. The lowest BCUT2D eigenvalue weighted by atomic mass is 9.90. The van der Waals surface area contributed by atoms with Crippen LogP contribution in [0.4, 0.5) is 13.6 Å². The average molecular weight is 345 g/mol. The number of likely N-dealkylation sites (tertiary alicyclic amines) is 1. The molecule has 6 nitrogen and oxygen atoms in total. The van der Waals surface area contributed by atoms with Crippen LogP contribution in [0.5, 0.6) is 0 Å². The summed E-state index contributed by atoms with van der Waals surface area (Å²) < 4.78 is 27.1. The van der Waals surface area contributed by atoms with Gasteiger partial charge in [-0.1, -0.05) is 0 Å². The highest BCUT2D eigenvalue weighted by molar-refractivity contribution is 5.79. The molecule has 1 fully saturated rings.